The van der Waals surface area contributed by atoms with E-state index in [1.807, 2.05) is 10.8 Å². The monoisotopic (exact) mass is 189 g/mol. The smallest absolute Gasteiger partial charge is 0.130 e. The van der Waals surface area contributed by atoms with Crippen molar-refractivity contribution in [1.82, 2.24) is 19.5 Å². The predicted octanol–water partition coefficient (Wildman–Crippen LogP) is 0.498. The molecule has 0 unspecified atom stereocenters. The molecule has 2 rings (SSSR count). The Balaban J connectivity index is 1.95. The van der Waals surface area contributed by atoms with Crippen LogP contribution in [0.25, 0.3) is 0 Å². The molecule has 0 aromatic carbocycles. The van der Waals surface area contributed by atoms with E-state index in [-0.39, 0.29) is 0 Å². The predicted molar refractivity (Wildman–Crippen MR) is 52.4 cm³/mol. The number of nitrogens with zero attached hydrogens (tertiary/aromatic N) is 4. The summed E-state index contributed by atoms with van der Waals surface area (Å²) in [5.41, 5.74) is 6.07. The maximum atomic E-state index is 5.48. The summed E-state index contributed by atoms with van der Waals surface area (Å²) < 4.78 is 1.99. The van der Waals surface area contributed by atoms with Crippen LogP contribution < -0.4 is 5.73 Å². The molecule has 2 heterocycles. The van der Waals surface area contributed by atoms with Gasteiger partial charge in [-0.2, -0.15) is 0 Å². The van der Waals surface area contributed by atoms with Crippen LogP contribution in [0.4, 0.5) is 5.69 Å². The molecule has 0 aliphatic carbocycles. The first-order chi connectivity index (χ1) is 6.84. The lowest BCUT2D eigenvalue weighted by atomic mass is 10.4. The number of aromatic nitrogens is 4. The first-order valence-electron chi connectivity index (χ1n) is 4.37. The molecule has 0 saturated carbocycles. The third kappa shape index (κ3) is 2.07. The molecule has 0 bridgehead atoms. The molecule has 0 fully saturated rings. The fourth-order valence-electron chi connectivity index (χ4n) is 1.14. The van der Waals surface area contributed by atoms with Crippen LogP contribution in [0.1, 0.15) is 5.82 Å². The van der Waals surface area contributed by atoms with Crippen molar-refractivity contribution in [3.8, 4) is 0 Å². The van der Waals surface area contributed by atoms with Gasteiger partial charge in [-0.25, -0.2) is 15.0 Å². The van der Waals surface area contributed by atoms with Crippen LogP contribution in [0.3, 0.4) is 0 Å². The number of nitrogen functional groups attached to an aromatic ring is 1. The first-order valence-corrected chi connectivity index (χ1v) is 4.37. The fraction of sp³-hybridized carbons (Fsp3) is 0.222. The van der Waals surface area contributed by atoms with E-state index in [4.69, 9.17) is 5.73 Å². The van der Waals surface area contributed by atoms with E-state index in [9.17, 15) is 0 Å². The zero-order valence-corrected chi connectivity index (χ0v) is 7.67. The normalized spacial score (nSPS) is 10.3. The van der Waals surface area contributed by atoms with Crippen LogP contribution in [0.2, 0.25) is 0 Å². The summed E-state index contributed by atoms with van der Waals surface area (Å²) in [6, 6.07) is 0. The van der Waals surface area contributed by atoms with Crippen LogP contribution in [0.15, 0.2) is 31.1 Å². The Labute approximate surface area is 81.6 Å². The van der Waals surface area contributed by atoms with Gasteiger partial charge < -0.3 is 10.3 Å². The van der Waals surface area contributed by atoms with Crippen molar-refractivity contribution < 1.29 is 0 Å². The highest BCUT2D eigenvalue weighted by Gasteiger charge is 1.96. The Bertz CT molecular complexity index is 378. The van der Waals surface area contributed by atoms with Gasteiger partial charge in [0.15, 0.2) is 0 Å². The van der Waals surface area contributed by atoms with Crippen molar-refractivity contribution >= 4 is 5.69 Å². The molecular formula is C9H11N5. The van der Waals surface area contributed by atoms with Gasteiger partial charge in [0, 0.05) is 25.4 Å². The molecule has 72 valence electrons. The summed E-state index contributed by atoms with van der Waals surface area (Å²) in [5, 5.41) is 0. The minimum atomic E-state index is 0.594. The number of hydrogen-bond donors (Lipinski definition) is 1. The second-order valence-corrected chi connectivity index (χ2v) is 2.98. The Hall–Kier alpha value is -1.91. The molecule has 0 saturated heterocycles. The summed E-state index contributed by atoms with van der Waals surface area (Å²) >= 11 is 0. The van der Waals surface area contributed by atoms with Gasteiger partial charge in [-0.3, -0.25) is 0 Å². The van der Waals surface area contributed by atoms with Crippen molar-refractivity contribution in [2.24, 2.45) is 0 Å². The molecule has 0 radical (unpaired) electrons. The second-order valence-electron chi connectivity index (χ2n) is 2.98. The van der Waals surface area contributed by atoms with E-state index in [2.05, 4.69) is 15.0 Å². The quantitative estimate of drug-likeness (QED) is 0.763. The minimum Gasteiger partial charge on any atom is -0.396 e. The second kappa shape index (κ2) is 3.87. The Morgan fingerprint density at radius 3 is 2.71 bits per heavy atom. The average Bonchev–Trinajstić information content (AvgIpc) is 2.70. The van der Waals surface area contributed by atoms with Crippen LogP contribution in [-0.4, -0.2) is 19.5 Å². The molecule has 0 spiro atoms. The molecule has 2 aromatic heterocycles. The van der Waals surface area contributed by atoms with Gasteiger partial charge in [-0.05, 0) is 0 Å². The fourth-order valence-corrected chi connectivity index (χ4v) is 1.14. The summed E-state index contributed by atoms with van der Waals surface area (Å²) in [7, 11) is 0. The van der Waals surface area contributed by atoms with Crippen molar-refractivity contribution in [1.29, 1.82) is 0 Å². The highest BCUT2D eigenvalue weighted by atomic mass is 15.0. The summed E-state index contributed by atoms with van der Waals surface area (Å²) in [6.07, 6.45) is 9.47. The van der Waals surface area contributed by atoms with E-state index in [0.29, 0.717) is 5.69 Å². The van der Waals surface area contributed by atoms with Gasteiger partial charge >= 0.3 is 0 Å². The third-order valence-corrected chi connectivity index (χ3v) is 1.88. The number of aryl methyl sites for hydroxylation is 2. The SMILES string of the molecule is Nc1cnc(CCn2ccnc2)nc1. The van der Waals surface area contributed by atoms with Gasteiger partial charge in [0.2, 0.25) is 0 Å². The summed E-state index contributed by atoms with van der Waals surface area (Å²) in [4.78, 5) is 12.2. The van der Waals surface area contributed by atoms with Crippen molar-refractivity contribution in [2.75, 3.05) is 5.73 Å². The highest BCUT2D eigenvalue weighted by Crippen LogP contribution is 1.98. The first kappa shape index (κ1) is 8.68. The maximum absolute atomic E-state index is 5.48. The number of rotatable bonds is 3. The zero-order chi connectivity index (χ0) is 9.80. The van der Waals surface area contributed by atoms with Gasteiger partial charge in [0.1, 0.15) is 5.82 Å². The molecule has 5 heteroatoms. The van der Waals surface area contributed by atoms with Crippen LogP contribution in [-0.2, 0) is 13.0 Å². The van der Waals surface area contributed by atoms with Gasteiger partial charge in [0.25, 0.3) is 0 Å². The molecule has 2 aromatic rings. The van der Waals surface area contributed by atoms with Gasteiger partial charge in [0.05, 0.1) is 24.4 Å². The van der Waals surface area contributed by atoms with Gasteiger partial charge in [-0.15, -0.1) is 0 Å². The number of imidazole rings is 1. The van der Waals surface area contributed by atoms with Crippen LogP contribution in [0.5, 0.6) is 0 Å². The molecule has 0 atom stereocenters. The standard InChI is InChI=1S/C9H11N5/c10-8-5-12-9(13-6-8)1-3-14-4-2-11-7-14/h2,4-7H,1,3,10H2. The van der Waals surface area contributed by atoms with E-state index >= 15 is 0 Å². The van der Waals surface area contributed by atoms with E-state index in [1.54, 1.807) is 24.9 Å². The Kier molecular flexibility index (Phi) is 2.40. The molecule has 0 aliphatic rings. The summed E-state index contributed by atoms with van der Waals surface area (Å²) in [6.45, 7) is 0.837. The lowest BCUT2D eigenvalue weighted by molar-refractivity contribution is 0.671. The average molecular weight is 189 g/mol. The third-order valence-electron chi connectivity index (χ3n) is 1.88. The zero-order valence-electron chi connectivity index (χ0n) is 7.67. The Morgan fingerprint density at radius 2 is 2.07 bits per heavy atom. The summed E-state index contributed by atoms with van der Waals surface area (Å²) in [5.74, 6) is 0.799. The largest absolute Gasteiger partial charge is 0.396 e. The highest BCUT2D eigenvalue weighted by molar-refractivity contribution is 5.30. The molecule has 0 aliphatic heterocycles. The number of hydrogen-bond acceptors (Lipinski definition) is 4. The minimum absolute atomic E-state index is 0.594. The van der Waals surface area contributed by atoms with Gasteiger partial charge in [-0.1, -0.05) is 0 Å². The number of anilines is 1. The van der Waals surface area contributed by atoms with Crippen molar-refractivity contribution in [3.05, 3.63) is 36.9 Å². The molecule has 14 heavy (non-hydrogen) atoms. The van der Waals surface area contributed by atoms with E-state index in [0.717, 1.165) is 18.8 Å². The lowest BCUT2D eigenvalue weighted by Gasteiger charge is -2.00. The maximum Gasteiger partial charge on any atom is 0.130 e. The van der Waals surface area contributed by atoms with E-state index < -0.39 is 0 Å². The van der Waals surface area contributed by atoms with Crippen LogP contribution >= 0.6 is 0 Å². The van der Waals surface area contributed by atoms with Crippen LogP contribution in [0, 0.1) is 0 Å². The van der Waals surface area contributed by atoms with Crippen molar-refractivity contribution in [2.45, 2.75) is 13.0 Å². The number of nitrogens with two attached hydrogens (primary N) is 1. The molecule has 5 nitrogen and oxygen atoms in total. The molecule has 2 N–H and O–H groups in total. The lowest BCUT2D eigenvalue weighted by Crippen LogP contribution is -2.03. The Morgan fingerprint density at radius 1 is 1.29 bits per heavy atom. The molecule has 0 amide bonds. The van der Waals surface area contributed by atoms with E-state index in [1.165, 1.54) is 0 Å². The topological polar surface area (TPSA) is 69.6 Å². The molecular weight excluding hydrogens is 178 g/mol. The van der Waals surface area contributed by atoms with Crippen molar-refractivity contribution in [3.63, 3.8) is 0 Å².